The number of hydrogen-bond donors (Lipinski definition) is 0. The summed E-state index contributed by atoms with van der Waals surface area (Å²) in [5.74, 6) is -0.528. The Kier molecular flexibility index (Phi) is 7.72. The Labute approximate surface area is 165 Å². The first-order valence-electron chi connectivity index (χ1n) is 9.64. The maximum atomic E-state index is 13.0. The number of nitrogens with zero attached hydrogens (tertiary/aromatic N) is 2. The van der Waals surface area contributed by atoms with Crippen LogP contribution in [0.2, 0.25) is 0 Å². The molecule has 7 heteroatoms. The molecule has 28 heavy (non-hydrogen) atoms. The third-order valence-corrected chi connectivity index (χ3v) is 5.35. The van der Waals surface area contributed by atoms with E-state index in [1.165, 1.54) is 25.3 Å². The zero-order valence-electron chi connectivity index (χ0n) is 16.7. The number of carbonyl (C=O) groups excluding carboxylic acids is 2. The summed E-state index contributed by atoms with van der Waals surface area (Å²) in [5.41, 5.74) is 0.713. The fraction of sp³-hybridized carbons (Fsp3) is 0.524. The summed E-state index contributed by atoms with van der Waals surface area (Å²) in [6, 6.07) is 6.11. The molecule has 1 saturated carbocycles. The third kappa shape index (κ3) is 5.65. The molecule has 0 aromatic heterocycles. The predicted octanol–water partition coefficient (Wildman–Crippen LogP) is 3.82. The molecule has 0 N–H and O–H groups in total. The van der Waals surface area contributed by atoms with Gasteiger partial charge in [-0.25, -0.2) is 0 Å². The smallest absolute Gasteiger partial charge is 0.310 e. The van der Waals surface area contributed by atoms with Crippen LogP contribution in [0.5, 0.6) is 0 Å². The van der Waals surface area contributed by atoms with E-state index in [9.17, 15) is 19.7 Å². The highest BCUT2D eigenvalue weighted by molar-refractivity contribution is 5.92. The standard InChI is InChI=1S/C21H28N2O5/c1-15-6-4-5-7-19(15)22(14-16(2)21(25)28-3)20(24)13-10-17-8-11-18(12-9-17)23(26)27/h8-13,15-16,19H,4-7,14H2,1-3H3/b13-10+. The second-order valence-corrected chi connectivity index (χ2v) is 7.43. The van der Waals surface area contributed by atoms with Crippen LogP contribution in [-0.2, 0) is 14.3 Å². The number of ether oxygens (including phenoxy) is 1. The van der Waals surface area contributed by atoms with E-state index in [1.807, 2.05) is 0 Å². The summed E-state index contributed by atoms with van der Waals surface area (Å²) in [7, 11) is 1.35. The van der Waals surface area contributed by atoms with Gasteiger partial charge in [0.05, 0.1) is 18.0 Å². The first kappa shape index (κ1) is 21.6. The van der Waals surface area contributed by atoms with Crippen LogP contribution in [0.25, 0.3) is 6.08 Å². The van der Waals surface area contributed by atoms with Gasteiger partial charge in [-0.3, -0.25) is 19.7 Å². The summed E-state index contributed by atoms with van der Waals surface area (Å²) >= 11 is 0. The molecular weight excluding hydrogens is 360 g/mol. The topological polar surface area (TPSA) is 89.8 Å². The SMILES string of the molecule is COC(=O)C(C)CN(C(=O)/C=C/c1ccc([N+](=O)[O-])cc1)C1CCCCC1C. The van der Waals surface area contributed by atoms with E-state index in [-0.39, 0.29) is 23.6 Å². The summed E-state index contributed by atoms with van der Waals surface area (Å²) < 4.78 is 4.82. The Bertz CT molecular complexity index is 729. The summed E-state index contributed by atoms with van der Waals surface area (Å²) in [6.45, 7) is 4.22. The van der Waals surface area contributed by atoms with Crippen molar-refractivity contribution in [3.63, 3.8) is 0 Å². The van der Waals surface area contributed by atoms with Crippen molar-refractivity contribution in [2.75, 3.05) is 13.7 Å². The fourth-order valence-corrected chi connectivity index (χ4v) is 3.69. The second kappa shape index (κ2) is 10.0. The summed E-state index contributed by atoms with van der Waals surface area (Å²) in [4.78, 5) is 36.9. The van der Waals surface area contributed by atoms with Gasteiger partial charge in [0.25, 0.3) is 5.69 Å². The van der Waals surface area contributed by atoms with Gasteiger partial charge in [-0.2, -0.15) is 0 Å². The van der Waals surface area contributed by atoms with E-state index < -0.39 is 10.8 Å². The fourth-order valence-electron chi connectivity index (χ4n) is 3.69. The van der Waals surface area contributed by atoms with Crippen LogP contribution in [-0.4, -0.2) is 41.4 Å². The highest BCUT2D eigenvalue weighted by atomic mass is 16.6. The van der Waals surface area contributed by atoms with Crippen LogP contribution in [0.1, 0.15) is 45.1 Å². The van der Waals surface area contributed by atoms with Crippen molar-refractivity contribution in [2.45, 2.75) is 45.6 Å². The van der Waals surface area contributed by atoms with Gasteiger partial charge in [0.1, 0.15) is 0 Å². The molecule has 1 aliphatic carbocycles. The zero-order valence-corrected chi connectivity index (χ0v) is 16.7. The maximum absolute atomic E-state index is 13.0. The first-order valence-corrected chi connectivity index (χ1v) is 9.64. The highest BCUT2D eigenvalue weighted by Crippen LogP contribution is 2.29. The quantitative estimate of drug-likeness (QED) is 0.306. The molecule has 1 fully saturated rings. The van der Waals surface area contributed by atoms with Crippen molar-refractivity contribution in [2.24, 2.45) is 11.8 Å². The van der Waals surface area contributed by atoms with E-state index in [4.69, 9.17) is 4.74 Å². The van der Waals surface area contributed by atoms with Gasteiger partial charge in [0.2, 0.25) is 5.91 Å². The molecule has 2 rings (SSSR count). The number of hydrogen-bond acceptors (Lipinski definition) is 5. The minimum atomic E-state index is -0.459. The molecule has 1 aromatic rings. The molecule has 0 spiro atoms. The van der Waals surface area contributed by atoms with Gasteiger partial charge in [0.15, 0.2) is 0 Å². The molecule has 0 radical (unpaired) electrons. The van der Waals surface area contributed by atoms with Crippen LogP contribution < -0.4 is 0 Å². The molecule has 0 bridgehead atoms. The lowest BCUT2D eigenvalue weighted by molar-refractivity contribution is -0.384. The second-order valence-electron chi connectivity index (χ2n) is 7.43. The van der Waals surface area contributed by atoms with Crippen molar-refractivity contribution in [3.8, 4) is 0 Å². The molecule has 1 aromatic carbocycles. The number of carbonyl (C=O) groups is 2. The van der Waals surface area contributed by atoms with Gasteiger partial charge < -0.3 is 9.64 Å². The van der Waals surface area contributed by atoms with Crippen LogP contribution in [0.4, 0.5) is 5.69 Å². The number of non-ortho nitro benzene ring substituents is 1. The Morgan fingerprint density at radius 2 is 1.93 bits per heavy atom. The molecule has 0 heterocycles. The molecule has 1 amide bonds. The molecule has 7 nitrogen and oxygen atoms in total. The average molecular weight is 388 g/mol. The number of nitro benzene ring substituents is 1. The monoisotopic (exact) mass is 388 g/mol. The number of amides is 1. The maximum Gasteiger partial charge on any atom is 0.310 e. The van der Waals surface area contributed by atoms with Gasteiger partial charge in [0, 0.05) is 30.8 Å². The van der Waals surface area contributed by atoms with Crippen LogP contribution in [0.15, 0.2) is 30.3 Å². The molecule has 3 atom stereocenters. The van der Waals surface area contributed by atoms with Crippen molar-refractivity contribution in [1.29, 1.82) is 0 Å². The third-order valence-electron chi connectivity index (χ3n) is 5.35. The largest absolute Gasteiger partial charge is 0.469 e. The van der Waals surface area contributed by atoms with E-state index in [2.05, 4.69) is 6.92 Å². The van der Waals surface area contributed by atoms with Gasteiger partial charge in [-0.05, 0) is 42.5 Å². The molecule has 0 saturated heterocycles. The van der Waals surface area contributed by atoms with Crippen molar-refractivity contribution < 1.29 is 19.2 Å². The van der Waals surface area contributed by atoms with E-state index in [0.717, 1.165) is 25.7 Å². The molecule has 3 unspecified atom stereocenters. The van der Waals surface area contributed by atoms with Crippen LogP contribution in [0.3, 0.4) is 0 Å². The van der Waals surface area contributed by atoms with E-state index >= 15 is 0 Å². The average Bonchev–Trinajstić information content (AvgIpc) is 2.70. The van der Waals surface area contributed by atoms with Gasteiger partial charge in [-0.15, -0.1) is 0 Å². The normalized spacial score (nSPS) is 20.5. The summed E-state index contributed by atoms with van der Waals surface area (Å²) in [6.07, 6.45) is 7.34. The Hall–Kier alpha value is -2.70. The van der Waals surface area contributed by atoms with Crippen LogP contribution in [0, 0.1) is 22.0 Å². The Morgan fingerprint density at radius 3 is 2.50 bits per heavy atom. The zero-order chi connectivity index (χ0) is 20.7. The predicted molar refractivity (Wildman–Crippen MR) is 106 cm³/mol. The number of rotatable bonds is 7. The lowest BCUT2D eigenvalue weighted by Gasteiger charge is -2.39. The molecular formula is C21H28N2O5. The van der Waals surface area contributed by atoms with Crippen LogP contribution >= 0.6 is 0 Å². The molecule has 1 aliphatic rings. The minimum absolute atomic E-state index is 0.00744. The van der Waals surface area contributed by atoms with Crippen molar-refractivity contribution in [1.82, 2.24) is 4.90 Å². The number of methoxy groups -OCH3 is 1. The number of nitro groups is 1. The lowest BCUT2D eigenvalue weighted by atomic mass is 9.84. The Morgan fingerprint density at radius 1 is 1.29 bits per heavy atom. The minimum Gasteiger partial charge on any atom is -0.469 e. The number of benzene rings is 1. The summed E-state index contributed by atoms with van der Waals surface area (Å²) in [5, 5.41) is 10.7. The van der Waals surface area contributed by atoms with Crippen molar-refractivity contribution in [3.05, 3.63) is 46.0 Å². The molecule has 0 aliphatic heterocycles. The van der Waals surface area contributed by atoms with Gasteiger partial charge >= 0.3 is 5.97 Å². The Balaban J connectivity index is 2.17. The van der Waals surface area contributed by atoms with Crippen molar-refractivity contribution >= 4 is 23.6 Å². The first-order chi connectivity index (χ1) is 13.3. The van der Waals surface area contributed by atoms with E-state index in [0.29, 0.717) is 18.0 Å². The highest BCUT2D eigenvalue weighted by Gasteiger charge is 2.31. The molecule has 152 valence electrons. The van der Waals surface area contributed by atoms with Gasteiger partial charge in [-0.1, -0.05) is 26.7 Å². The number of esters is 1. The lowest BCUT2D eigenvalue weighted by Crippen LogP contribution is -2.47. The van der Waals surface area contributed by atoms with E-state index in [1.54, 1.807) is 30.0 Å².